The molecule has 0 radical (unpaired) electrons. The van der Waals surface area contributed by atoms with E-state index in [9.17, 15) is 14.4 Å². The number of rotatable bonds is 2. The third-order valence-electron chi connectivity index (χ3n) is 2.81. The number of nitrogens with one attached hydrogen (secondary N) is 1. The van der Waals surface area contributed by atoms with Gasteiger partial charge >= 0.3 is 0 Å². The van der Waals surface area contributed by atoms with Crippen molar-refractivity contribution in [2.24, 2.45) is 0 Å². The first kappa shape index (κ1) is 12.2. The van der Waals surface area contributed by atoms with Gasteiger partial charge in [-0.3, -0.25) is 24.7 Å². The minimum atomic E-state index is -0.601. The lowest BCUT2D eigenvalue weighted by atomic mass is 10.1. The number of pyridine rings is 1. The van der Waals surface area contributed by atoms with E-state index in [1.165, 1.54) is 11.1 Å². The molecule has 6 nitrogen and oxygen atoms in total. The zero-order chi connectivity index (χ0) is 13.1. The summed E-state index contributed by atoms with van der Waals surface area (Å²) < 4.78 is 0. The predicted molar refractivity (Wildman–Crippen MR) is 62.5 cm³/mol. The van der Waals surface area contributed by atoms with Gasteiger partial charge in [-0.15, -0.1) is 0 Å². The van der Waals surface area contributed by atoms with Crippen molar-refractivity contribution in [3.63, 3.8) is 0 Å². The number of carbonyl (C=O) groups excluding carboxylic acids is 3. The van der Waals surface area contributed by atoms with Gasteiger partial charge in [0.05, 0.1) is 5.56 Å². The lowest BCUT2D eigenvalue weighted by molar-refractivity contribution is -0.138. The summed E-state index contributed by atoms with van der Waals surface area (Å²) in [4.78, 5) is 40.3. The molecule has 2 heterocycles. The van der Waals surface area contributed by atoms with Gasteiger partial charge in [0, 0.05) is 12.4 Å². The van der Waals surface area contributed by atoms with E-state index < -0.39 is 17.9 Å². The summed E-state index contributed by atoms with van der Waals surface area (Å²) in [5, 5.41) is 2.23. The third-order valence-corrected chi connectivity index (χ3v) is 2.81. The Kier molecular flexibility index (Phi) is 3.36. The van der Waals surface area contributed by atoms with E-state index >= 15 is 0 Å². The highest BCUT2D eigenvalue weighted by molar-refractivity contribution is 6.07. The molecule has 1 N–H and O–H groups in total. The highest BCUT2D eigenvalue weighted by atomic mass is 16.2. The molecule has 0 bridgehead atoms. The van der Waals surface area contributed by atoms with Crippen molar-refractivity contribution in [2.75, 3.05) is 6.54 Å². The van der Waals surface area contributed by atoms with Crippen LogP contribution < -0.4 is 5.32 Å². The van der Waals surface area contributed by atoms with E-state index in [1.54, 1.807) is 25.3 Å². The zero-order valence-electron chi connectivity index (χ0n) is 9.92. The molecule has 6 heteroatoms. The van der Waals surface area contributed by atoms with Crippen molar-refractivity contribution in [3.8, 4) is 0 Å². The molecule has 0 aromatic carbocycles. The second kappa shape index (κ2) is 4.95. The van der Waals surface area contributed by atoms with Crippen LogP contribution >= 0.6 is 0 Å². The second-order valence-corrected chi connectivity index (χ2v) is 4.01. The number of nitrogens with zero attached hydrogens (tertiary/aromatic N) is 2. The Morgan fingerprint density at radius 3 is 2.94 bits per heavy atom. The summed E-state index contributed by atoms with van der Waals surface area (Å²) in [5.41, 5.74) is 0.374. The van der Waals surface area contributed by atoms with Crippen molar-refractivity contribution in [1.29, 1.82) is 0 Å². The summed E-state index contributed by atoms with van der Waals surface area (Å²) in [6, 6.07) is 2.65. The molecule has 0 saturated carbocycles. The largest absolute Gasteiger partial charge is 0.317 e. The fraction of sp³-hybridized carbons (Fsp3) is 0.333. The van der Waals surface area contributed by atoms with Gasteiger partial charge < -0.3 is 4.90 Å². The number of hydrogen-bond acceptors (Lipinski definition) is 4. The number of amides is 3. The molecule has 1 saturated heterocycles. The van der Waals surface area contributed by atoms with Crippen molar-refractivity contribution in [2.45, 2.75) is 19.4 Å². The summed E-state index contributed by atoms with van der Waals surface area (Å²) in [7, 11) is 0. The minimum Gasteiger partial charge on any atom is -0.317 e. The molecule has 0 spiro atoms. The summed E-state index contributed by atoms with van der Waals surface area (Å²) in [5.74, 6) is -1.23. The monoisotopic (exact) mass is 247 g/mol. The second-order valence-electron chi connectivity index (χ2n) is 4.01. The van der Waals surface area contributed by atoms with Crippen LogP contribution in [0.1, 0.15) is 23.7 Å². The number of hydrogen-bond donors (Lipinski definition) is 1. The topological polar surface area (TPSA) is 79.4 Å². The first-order valence-electron chi connectivity index (χ1n) is 5.68. The molecule has 1 aromatic heterocycles. The van der Waals surface area contributed by atoms with Gasteiger partial charge in [0.15, 0.2) is 0 Å². The molecule has 2 rings (SSSR count). The molecular formula is C12H13N3O3. The normalized spacial score (nSPS) is 19.6. The summed E-state index contributed by atoms with van der Waals surface area (Å²) >= 11 is 0. The Balaban J connectivity index is 2.27. The first-order chi connectivity index (χ1) is 8.63. The Morgan fingerprint density at radius 2 is 2.33 bits per heavy atom. The van der Waals surface area contributed by atoms with Gasteiger partial charge in [0.1, 0.15) is 12.6 Å². The maximum Gasteiger partial charge on any atom is 0.256 e. The molecule has 3 amide bonds. The van der Waals surface area contributed by atoms with Gasteiger partial charge in [-0.2, -0.15) is 0 Å². The molecule has 1 atom stereocenters. The maximum absolute atomic E-state index is 12.2. The van der Waals surface area contributed by atoms with E-state index in [-0.39, 0.29) is 12.5 Å². The van der Waals surface area contributed by atoms with Crippen LogP contribution in [0.25, 0.3) is 0 Å². The van der Waals surface area contributed by atoms with Crippen molar-refractivity contribution < 1.29 is 14.4 Å². The van der Waals surface area contributed by atoms with Crippen molar-refractivity contribution in [3.05, 3.63) is 30.1 Å². The number of carbonyl (C=O) groups is 3. The Labute approximate surface area is 104 Å². The van der Waals surface area contributed by atoms with Crippen LogP contribution in [0.5, 0.6) is 0 Å². The third kappa shape index (κ3) is 2.22. The number of piperazine rings is 1. The molecule has 1 aromatic rings. The summed E-state index contributed by atoms with van der Waals surface area (Å²) in [6.07, 6.45) is 3.44. The highest BCUT2D eigenvalue weighted by Crippen LogP contribution is 2.13. The lowest BCUT2D eigenvalue weighted by Gasteiger charge is -2.33. The van der Waals surface area contributed by atoms with Crippen LogP contribution in [0.2, 0.25) is 0 Å². The van der Waals surface area contributed by atoms with Gasteiger partial charge in [-0.25, -0.2) is 0 Å². The molecule has 1 fully saturated rings. The zero-order valence-corrected chi connectivity index (χ0v) is 9.92. The smallest absolute Gasteiger partial charge is 0.256 e. The van der Waals surface area contributed by atoms with E-state index in [0.717, 1.165) is 0 Å². The SMILES string of the molecule is CCC1C(=O)NC(=O)CN1C(=O)c1cccnc1. The van der Waals surface area contributed by atoms with E-state index in [2.05, 4.69) is 10.3 Å². The molecule has 1 aliphatic heterocycles. The average molecular weight is 247 g/mol. The van der Waals surface area contributed by atoms with Gasteiger partial charge in [0.25, 0.3) is 5.91 Å². The average Bonchev–Trinajstić information content (AvgIpc) is 2.38. The van der Waals surface area contributed by atoms with Gasteiger partial charge in [-0.1, -0.05) is 6.92 Å². The quantitative estimate of drug-likeness (QED) is 0.744. The molecule has 18 heavy (non-hydrogen) atoms. The summed E-state index contributed by atoms with van der Waals surface area (Å²) in [6.45, 7) is 1.70. The molecule has 1 unspecified atom stereocenters. The molecule has 1 aliphatic rings. The predicted octanol–water partition coefficient (Wildman–Crippen LogP) is -0.0412. The van der Waals surface area contributed by atoms with Crippen molar-refractivity contribution >= 4 is 17.7 Å². The van der Waals surface area contributed by atoms with Crippen LogP contribution in [0, 0.1) is 0 Å². The van der Waals surface area contributed by atoms with Crippen LogP contribution in [-0.2, 0) is 9.59 Å². The number of aromatic nitrogens is 1. The number of imide groups is 1. The minimum absolute atomic E-state index is 0.0992. The van der Waals surface area contributed by atoms with Crippen LogP contribution in [-0.4, -0.2) is 40.2 Å². The molecular weight excluding hydrogens is 234 g/mol. The van der Waals surface area contributed by atoms with Crippen LogP contribution in [0.3, 0.4) is 0 Å². The Bertz CT molecular complexity index is 487. The standard InChI is InChI=1S/C12H13N3O3/c1-2-9-11(17)14-10(16)7-15(9)12(18)8-4-3-5-13-6-8/h3-6,9H,2,7H2,1H3,(H,14,16,17). The highest BCUT2D eigenvalue weighted by Gasteiger charge is 2.35. The lowest BCUT2D eigenvalue weighted by Crippen LogP contribution is -2.59. The molecule has 0 aliphatic carbocycles. The van der Waals surface area contributed by atoms with Crippen LogP contribution in [0.4, 0.5) is 0 Å². The Morgan fingerprint density at radius 1 is 1.56 bits per heavy atom. The Hall–Kier alpha value is -2.24. The van der Waals surface area contributed by atoms with Gasteiger partial charge in [0.2, 0.25) is 11.8 Å². The van der Waals surface area contributed by atoms with Gasteiger partial charge in [-0.05, 0) is 18.6 Å². The van der Waals surface area contributed by atoms with E-state index in [0.29, 0.717) is 12.0 Å². The van der Waals surface area contributed by atoms with Crippen LogP contribution in [0.15, 0.2) is 24.5 Å². The first-order valence-corrected chi connectivity index (χ1v) is 5.68. The van der Waals surface area contributed by atoms with E-state index in [4.69, 9.17) is 0 Å². The fourth-order valence-corrected chi connectivity index (χ4v) is 1.94. The van der Waals surface area contributed by atoms with E-state index in [1.807, 2.05) is 0 Å². The fourth-order valence-electron chi connectivity index (χ4n) is 1.94. The molecule has 94 valence electrons. The van der Waals surface area contributed by atoms with Crippen molar-refractivity contribution in [1.82, 2.24) is 15.2 Å². The maximum atomic E-state index is 12.2.